The van der Waals surface area contributed by atoms with E-state index in [0.717, 1.165) is 26.1 Å². The number of ether oxygens (including phenoxy) is 2. The predicted octanol–water partition coefficient (Wildman–Crippen LogP) is 3.38. The fourth-order valence-electron chi connectivity index (χ4n) is 2.89. The molecule has 1 saturated heterocycles. The number of carbonyl (C=O) groups excluding carboxylic acids is 1. The summed E-state index contributed by atoms with van der Waals surface area (Å²) in [6.07, 6.45) is 2.91. The van der Waals surface area contributed by atoms with E-state index in [4.69, 9.17) is 32.7 Å². The van der Waals surface area contributed by atoms with Gasteiger partial charge in [-0.05, 0) is 51.6 Å². The van der Waals surface area contributed by atoms with E-state index in [1.807, 2.05) is 0 Å². The van der Waals surface area contributed by atoms with Crippen molar-refractivity contribution in [2.45, 2.75) is 31.2 Å². The molecule has 7 heteroatoms. The van der Waals surface area contributed by atoms with Crippen LogP contribution in [0.2, 0.25) is 10.0 Å². The van der Waals surface area contributed by atoms with Crippen molar-refractivity contribution < 1.29 is 14.3 Å². The fourth-order valence-corrected chi connectivity index (χ4v) is 3.36. The normalized spacial score (nSPS) is 16.7. The third-order valence-corrected chi connectivity index (χ3v) is 5.22. The molecule has 0 bridgehead atoms. The van der Waals surface area contributed by atoms with Crippen LogP contribution >= 0.6 is 23.2 Å². The fraction of sp³-hybridized carbons (Fsp3) is 0.611. The lowest BCUT2D eigenvalue weighted by molar-refractivity contribution is -0.122. The SMILES string of the molecule is CN(C)C1(CNC(=O)CCCOc2ccc(Cl)cc2Cl)CCOCC1. The van der Waals surface area contributed by atoms with Crippen LogP contribution in [0.25, 0.3) is 0 Å². The van der Waals surface area contributed by atoms with E-state index in [0.29, 0.717) is 41.8 Å². The molecule has 0 aliphatic carbocycles. The average molecular weight is 389 g/mol. The van der Waals surface area contributed by atoms with Gasteiger partial charge in [-0.3, -0.25) is 4.79 Å². The number of nitrogens with zero attached hydrogens (tertiary/aromatic N) is 1. The molecular formula is C18H26Cl2N2O3. The van der Waals surface area contributed by atoms with Gasteiger partial charge < -0.3 is 19.7 Å². The van der Waals surface area contributed by atoms with Crippen LogP contribution in [0.1, 0.15) is 25.7 Å². The first-order valence-corrected chi connectivity index (χ1v) is 9.28. The largest absolute Gasteiger partial charge is 0.492 e. The molecule has 1 amide bonds. The Morgan fingerprint density at radius 3 is 2.68 bits per heavy atom. The molecule has 5 nitrogen and oxygen atoms in total. The Balaban J connectivity index is 1.70. The van der Waals surface area contributed by atoms with Crippen LogP contribution in [0, 0.1) is 0 Å². The molecule has 0 aromatic heterocycles. The van der Waals surface area contributed by atoms with Crippen LogP contribution in [0.4, 0.5) is 0 Å². The van der Waals surface area contributed by atoms with E-state index < -0.39 is 0 Å². The molecule has 0 unspecified atom stereocenters. The molecule has 1 heterocycles. The molecule has 1 fully saturated rings. The Labute approximate surface area is 159 Å². The Hall–Kier alpha value is -1.01. The van der Waals surface area contributed by atoms with Crippen LogP contribution in [0.3, 0.4) is 0 Å². The molecule has 0 radical (unpaired) electrons. The number of rotatable bonds is 8. The van der Waals surface area contributed by atoms with Gasteiger partial charge in [0.25, 0.3) is 0 Å². The highest BCUT2D eigenvalue weighted by Gasteiger charge is 2.34. The zero-order chi connectivity index (χ0) is 18.3. The van der Waals surface area contributed by atoms with Crippen LogP contribution in [0.5, 0.6) is 5.75 Å². The highest BCUT2D eigenvalue weighted by atomic mass is 35.5. The summed E-state index contributed by atoms with van der Waals surface area (Å²) in [6, 6.07) is 5.10. The quantitative estimate of drug-likeness (QED) is 0.693. The van der Waals surface area contributed by atoms with Crippen molar-refractivity contribution in [1.82, 2.24) is 10.2 Å². The maximum Gasteiger partial charge on any atom is 0.220 e. The summed E-state index contributed by atoms with van der Waals surface area (Å²) in [5.41, 5.74) is -0.0127. The molecule has 0 saturated carbocycles. The molecule has 1 aromatic carbocycles. The van der Waals surface area contributed by atoms with E-state index in [9.17, 15) is 4.79 Å². The van der Waals surface area contributed by atoms with Gasteiger partial charge >= 0.3 is 0 Å². The maximum atomic E-state index is 12.1. The van der Waals surface area contributed by atoms with Gasteiger partial charge in [0.2, 0.25) is 5.91 Å². The van der Waals surface area contributed by atoms with Gasteiger partial charge in [-0.25, -0.2) is 0 Å². The summed E-state index contributed by atoms with van der Waals surface area (Å²) in [6.45, 7) is 2.56. The van der Waals surface area contributed by atoms with Crippen molar-refractivity contribution >= 4 is 29.1 Å². The third-order valence-electron chi connectivity index (χ3n) is 4.69. The van der Waals surface area contributed by atoms with Crippen LogP contribution in [0.15, 0.2) is 18.2 Å². The number of carbonyl (C=O) groups is 1. The molecule has 1 N–H and O–H groups in total. The highest BCUT2D eigenvalue weighted by Crippen LogP contribution is 2.27. The van der Waals surface area contributed by atoms with Crippen molar-refractivity contribution in [3.05, 3.63) is 28.2 Å². The number of hydrogen-bond acceptors (Lipinski definition) is 4. The van der Waals surface area contributed by atoms with Gasteiger partial charge in [0.15, 0.2) is 0 Å². The molecule has 1 aliphatic heterocycles. The van der Waals surface area contributed by atoms with E-state index >= 15 is 0 Å². The molecule has 1 aromatic rings. The second kappa shape index (κ2) is 9.62. The standard InChI is InChI=1S/C18H26Cl2N2O3/c1-22(2)18(7-10-24-11-8-18)13-21-17(23)4-3-9-25-16-6-5-14(19)12-15(16)20/h5-6,12H,3-4,7-11,13H2,1-2H3,(H,21,23). The zero-order valence-corrected chi connectivity index (χ0v) is 16.3. The molecule has 140 valence electrons. The predicted molar refractivity (Wildman–Crippen MR) is 101 cm³/mol. The number of benzene rings is 1. The molecule has 0 atom stereocenters. The zero-order valence-electron chi connectivity index (χ0n) is 14.8. The number of nitrogens with one attached hydrogen (secondary N) is 1. The topological polar surface area (TPSA) is 50.8 Å². The summed E-state index contributed by atoms with van der Waals surface area (Å²) in [7, 11) is 4.11. The second-order valence-corrected chi connectivity index (χ2v) is 7.38. The van der Waals surface area contributed by atoms with E-state index in [-0.39, 0.29) is 11.4 Å². The second-order valence-electron chi connectivity index (χ2n) is 6.53. The highest BCUT2D eigenvalue weighted by molar-refractivity contribution is 6.35. The van der Waals surface area contributed by atoms with E-state index in [1.165, 1.54) is 0 Å². The third kappa shape index (κ3) is 6.03. The van der Waals surface area contributed by atoms with Gasteiger partial charge in [-0.15, -0.1) is 0 Å². The molecule has 2 rings (SSSR count). The minimum absolute atomic E-state index is 0.0127. The summed E-state index contributed by atoms with van der Waals surface area (Å²) < 4.78 is 11.0. The number of halogens is 2. The summed E-state index contributed by atoms with van der Waals surface area (Å²) in [5.74, 6) is 0.624. The van der Waals surface area contributed by atoms with Crippen LogP contribution < -0.4 is 10.1 Å². The molecule has 0 spiro atoms. The van der Waals surface area contributed by atoms with Crippen molar-refractivity contribution in [2.24, 2.45) is 0 Å². The van der Waals surface area contributed by atoms with Gasteiger partial charge in [0.1, 0.15) is 5.75 Å². The minimum atomic E-state index is -0.0127. The van der Waals surface area contributed by atoms with Gasteiger partial charge in [-0.1, -0.05) is 23.2 Å². The summed E-state index contributed by atoms with van der Waals surface area (Å²) in [5, 5.41) is 4.10. The lowest BCUT2D eigenvalue weighted by atomic mass is 9.88. The molecular weight excluding hydrogens is 363 g/mol. The average Bonchev–Trinajstić information content (AvgIpc) is 2.59. The van der Waals surface area contributed by atoms with Crippen molar-refractivity contribution in [2.75, 3.05) is 40.5 Å². The van der Waals surface area contributed by atoms with Crippen molar-refractivity contribution in [3.8, 4) is 5.75 Å². The number of likely N-dealkylation sites (N-methyl/N-ethyl adjacent to an activating group) is 1. The monoisotopic (exact) mass is 388 g/mol. The van der Waals surface area contributed by atoms with Crippen LogP contribution in [-0.4, -0.2) is 56.8 Å². The first-order chi connectivity index (χ1) is 11.9. The Kier molecular flexibility index (Phi) is 7.81. The van der Waals surface area contributed by atoms with E-state index in [2.05, 4.69) is 24.3 Å². The first kappa shape index (κ1) is 20.3. The van der Waals surface area contributed by atoms with Gasteiger partial charge in [-0.2, -0.15) is 0 Å². The van der Waals surface area contributed by atoms with Crippen molar-refractivity contribution in [1.29, 1.82) is 0 Å². The lowest BCUT2D eigenvalue weighted by Crippen LogP contribution is -2.55. The Morgan fingerprint density at radius 2 is 2.04 bits per heavy atom. The molecule has 25 heavy (non-hydrogen) atoms. The summed E-state index contributed by atoms with van der Waals surface area (Å²) >= 11 is 11.9. The smallest absolute Gasteiger partial charge is 0.220 e. The minimum Gasteiger partial charge on any atom is -0.492 e. The summed E-state index contributed by atoms with van der Waals surface area (Å²) in [4.78, 5) is 14.3. The Morgan fingerprint density at radius 1 is 1.32 bits per heavy atom. The maximum absolute atomic E-state index is 12.1. The van der Waals surface area contributed by atoms with Gasteiger partial charge in [0.05, 0.1) is 11.6 Å². The first-order valence-electron chi connectivity index (χ1n) is 8.53. The van der Waals surface area contributed by atoms with Crippen molar-refractivity contribution in [3.63, 3.8) is 0 Å². The number of amides is 1. The van der Waals surface area contributed by atoms with Gasteiger partial charge in [0, 0.05) is 36.7 Å². The lowest BCUT2D eigenvalue weighted by Gasteiger charge is -2.42. The Bertz CT molecular complexity index is 575. The molecule has 1 aliphatic rings. The number of hydrogen-bond donors (Lipinski definition) is 1. The van der Waals surface area contributed by atoms with E-state index in [1.54, 1.807) is 18.2 Å². The van der Waals surface area contributed by atoms with Crippen LogP contribution in [-0.2, 0) is 9.53 Å².